The zero-order chi connectivity index (χ0) is 19.0. The highest BCUT2D eigenvalue weighted by molar-refractivity contribution is 7.89. The third-order valence-corrected chi connectivity index (χ3v) is 7.43. The molecule has 0 saturated carbocycles. The van der Waals surface area contributed by atoms with E-state index in [1.54, 1.807) is 29.6 Å². The Hall–Kier alpha value is -2.09. The van der Waals surface area contributed by atoms with Crippen LogP contribution in [0.1, 0.15) is 17.2 Å². The van der Waals surface area contributed by atoms with Crippen LogP contribution in [0.2, 0.25) is 0 Å². The molecule has 144 valence electrons. The highest BCUT2D eigenvalue weighted by atomic mass is 32.2. The largest absolute Gasteiger partial charge is 0.497 e. The number of hydrogen-bond acceptors (Lipinski definition) is 5. The van der Waals surface area contributed by atoms with Crippen molar-refractivity contribution in [3.05, 3.63) is 53.6 Å². The van der Waals surface area contributed by atoms with E-state index in [1.807, 2.05) is 12.1 Å². The topological polar surface area (TPSA) is 59.1 Å². The van der Waals surface area contributed by atoms with Crippen LogP contribution in [0, 0.1) is 0 Å². The van der Waals surface area contributed by atoms with Gasteiger partial charge in [-0.25, -0.2) is 8.42 Å². The van der Waals surface area contributed by atoms with Crippen LogP contribution >= 0.6 is 0 Å². The molecule has 0 radical (unpaired) electrons. The minimum Gasteiger partial charge on any atom is -0.497 e. The van der Waals surface area contributed by atoms with Gasteiger partial charge < -0.3 is 9.47 Å². The lowest BCUT2D eigenvalue weighted by Crippen LogP contribution is -2.52. The molecule has 1 atom stereocenters. The molecule has 2 aliphatic rings. The molecule has 2 aromatic carbocycles. The SMILES string of the molecule is COc1ccc(S(=O)(=O)N2CCN3CCc4ccccc4C3C2)c(OC)c1. The molecular formula is C20H24N2O4S. The minimum absolute atomic E-state index is 0.0997. The molecule has 7 heteroatoms. The second-order valence-corrected chi connectivity index (χ2v) is 8.79. The van der Waals surface area contributed by atoms with Gasteiger partial charge in [-0.1, -0.05) is 24.3 Å². The van der Waals surface area contributed by atoms with Crippen molar-refractivity contribution in [1.29, 1.82) is 0 Å². The lowest BCUT2D eigenvalue weighted by Gasteiger charge is -2.44. The lowest BCUT2D eigenvalue weighted by atomic mass is 9.91. The quantitative estimate of drug-likeness (QED) is 0.804. The zero-order valence-corrected chi connectivity index (χ0v) is 16.4. The van der Waals surface area contributed by atoms with Gasteiger partial charge in [0.15, 0.2) is 0 Å². The number of hydrogen-bond donors (Lipinski definition) is 0. The summed E-state index contributed by atoms with van der Waals surface area (Å²) < 4.78 is 38.8. The highest BCUT2D eigenvalue weighted by Gasteiger charge is 2.38. The van der Waals surface area contributed by atoms with Crippen LogP contribution in [0.5, 0.6) is 11.5 Å². The van der Waals surface area contributed by atoms with Crippen molar-refractivity contribution in [2.24, 2.45) is 0 Å². The normalized spacial score (nSPS) is 20.6. The van der Waals surface area contributed by atoms with Crippen molar-refractivity contribution in [3.63, 3.8) is 0 Å². The van der Waals surface area contributed by atoms with Crippen LogP contribution in [0.3, 0.4) is 0 Å². The monoisotopic (exact) mass is 388 g/mol. The van der Waals surface area contributed by atoms with Crippen molar-refractivity contribution < 1.29 is 17.9 Å². The number of nitrogens with zero attached hydrogens (tertiary/aromatic N) is 2. The maximum atomic E-state index is 13.3. The van der Waals surface area contributed by atoms with E-state index in [9.17, 15) is 8.42 Å². The number of benzene rings is 2. The summed E-state index contributed by atoms with van der Waals surface area (Å²) in [5, 5.41) is 0. The maximum Gasteiger partial charge on any atom is 0.246 e. The van der Waals surface area contributed by atoms with Crippen LogP contribution < -0.4 is 9.47 Å². The van der Waals surface area contributed by atoms with Gasteiger partial charge in [-0.3, -0.25) is 4.90 Å². The highest BCUT2D eigenvalue weighted by Crippen LogP contribution is 2.36. The Balaban J connectivity index is 1.67. The van der Waals surface area contributed by atoms with E-state index in [4.69, 9.17) is 9.47 Å². The summed E-state index contributed by atoms with van der Waals surface area (Å²) in [5.74, 6) is 0.873. The standard InChI is InChI=1S/C20H24N2O4S/c1-25-16-7-8-20(19(13-16)26-2)27(23,24)22-12-11-21-10-9-15-5-3-4-6-17(15)18(21)14-22/h3-8,13,18H,9-12,14H2,1-2H3. The molecule has 0 N–H and O–H groups in total. The molecule has 0 aromatic heterocycles. The average Bonchev–Trinajstić information content (AvgIpc) is 2.72. The van der Waals surface area contributed by atoms with Gasteiger partial charge in [0, 0.05) is 38.3 Å². The fourth-order valence-electron chi connectivity index (χ4n) is 4.05. The van der Waals surface area contributed by atoms with Crippen LogP contribution in [-0.2, 0) is 16.4 Å². The third-order valence-electron chi connectivity index (χ3n) is 5.53. The summed E-state index contributed by atoms with van der Waals surface area (Å²) in [7, 11) is -0.637. The lowest BCUT2D eigenvalue weighted by molar-refractivity contribution is 0.109. The molecule has 0 spiro atoms. The summed E-state index contributed by atoms with van der Waals surface area (Å²) in [6.45, 7) is 2.64. The summed E-state index contributed by atoms with van der Waals surface area (Å²) >= 11 is 0. The van der Waals surface area contributed by atoms with Gasteiger partial charge in [0.1, 0.15) is 16.4 Å². The van der Waals surface area contributed by atoms with Crippen molar-refractivity contribution in [2.45, 2.75) is 17.4 Å². The number of ether oxygens (including phenoxy) is 2. The summed E-state index contributed by atoms with van der Waals surface area (Å²) in [6.07, 6.45) is 1.02. The molecular weight excluding hydrogens is 364 g/mol. The molecule has 1 unspecified atom stereocenters. The Morgan fingerprint density at radius 1 is 1.00 bits per heavy atom. The Bertz CT molecular complexity index is 945. The average molecular weight is 388 g/mol. The first-order valence-corrected chi connectivity index (χ1v) is 10.5. The number of fused-ring (bicyclic) bond motifs is 3. The molecule has 0 amide bonds. The smallest absolute Gasteiger partial charge is 0.246 e. The Kier molecular flexibility index (Phi) is 4.84. The van der Waals surface area contributed by atoms with Gasteiger partial charge in [0.2, 0.25) is 10.0 Å². The van der Waals surface area contributed by atoms with Gasteiger partial charge in [0.05, 0.1) is 14.2 Å². The van der Waals surface area contributed by atoms with Gasteiger partial charge in [-0.2, -0.15) is 4.31 Å². The van der Waals surface area contributed by atoms with Crippen molar-refractivity contribution in [2.75, 3.05) is 40.4 Å². The predicted molar refractivity (Wildman–Crippen MR) is 103 cm³/mol. The van der Waals surface area contributed by atoms with Crippen LogP contribution in [-0.4, -0.2) is 58.0 Å². The molecule has 6 nitrogen and oxygen atoms in total. The van der Waals surface area contributed by atoms with Crippen molar-refractivity contribution >= 4 is 10.0 Å². The molecule has 4 rings (SSSR count). The first kappa shape index (κ1) is 18.3. The van der Waals surface area contributed by atoms with Gasteiger partial charge >= 0.3 is 0 Å². The number of methoxy groups -OCH3 is 2. The zero-order valence-electron chi connectivity index (χ0n) is 15.6. The van der Waals surface area contributed by atoms with Crippen LogP contribution in [0.15, 0.2) is 47.4 Å². The molecule has 2 aromatic rings. The first-order valence-electron chi connectivity index (χ1n) is 9.08. The predicted octanol–water partition coefficient (Wildman–Crippen LogP) is 2.31. The molecule has 2 aliphatic heterocycles. The van der Waals surface area contributed by atoms with E-state index in [0.717, 1.165) is 19.5 Å². The van der Waals surface area contributed by atoms with E-state index in [1.165, 1.54) is 18.2 Å². The van der Waals surface area contributed by atoms with Crippen molar-refractivity contribution in [1.82, 2.24) is 9.21 Å². The Morgan fingerprint density at radius 2 is 1.81 bits per heavy atom. The van der Waals surface area contributed by atoms with E-state index in [0.29, 0.717) is 24.6 Å². The van der Waals surface area contributed by atoms with E-state index in [2.05, 4.69) is 17.0 Å². The third kappa shape index (κ3) is 3.20. The number of rotatable bonds is 4. The number of sulfonamides is 1. The summed E-state index contributed by atoms with van der Waals surface area (Å²) in [4.78, 5) is 2.57. The Labute approximate surface area is 160 Å². The van der Waals surface area contributed by atoms with Crippen LogP contribution in [0.4, 0.5) is 0 Å². The van der Waals surface area contributed by atoms with E-state index in [-0.39, 0.29) is 10.9 Å². The molecule has 1 fully saturated rings. The fourth-order valence-corrected chi connectivity index (χ4v) is 5.63. The fraction of sp³-hybridized carbons (Fsp3) is 0.400. The van der Waals surface area contributed by atoms with Gasteiger partial charge in [0.25, 0.3) is 0 Å². The maximum absolute atomic E-state index is 13.3. The molecule has 0 bridgehead atoms. The second kappa shape index (κ2) is 7.14. The van der Waals surface area contributed by atoms with E-state index < -0.39 is 10.0 Å². The first-order chi connectivity index (χ1) is 13.0. The molecule has 27 heavy (non-hydrogen) atoms. The van der Waals surface area contributed by atoms with E-state index >= 15 is 0 Å². The minimum atomic E-state index is -3.66. The van der Waals surface area contributed by atoms with Crippen molar-refractivity contribution in [3.8, 4) is 11.5 Å². The second-order valence-electron chi connectivity index (χ2n) is 6.88. The van der Waals surface area contributed by atoms with Gasteiger partial charge in [-0.05, 0) is 29.7 Å². The Morgan fingerprint density at radius 3 is 2.59 bits per heavy atom. The summed E-state index contributed by atoms with van der Waals surface area (Å²) in [6, 6.07) is 13.3. The van der Waals surface area contributed by atoms with Gasteiger partial charge in [-0.15, -0.1) is 0 Å². The van der Waals surface area contributed by atoms with Crippen LogP contribution in [0.25, 0.3) is 0 Å². The molecule has 2 heterocycles. The number of piperazine rings is 1. The molecule has 0 aliphatic carbocycles. The molecule has 1 saturated heterocycles. The summed E-state index contributed by atoms with van der Waals surface area (Å²) in [5.41, 5.74) is 2.56.